The van der Waals surface area contributed by atoms with Crippen LogP contribution in [0.4, 0.5) is 4.79 Å². The van der Waals surface area contributed by atoms with Crippen LogP contribution in [-0.2, 0) is 14.3 Å². The van der Waals surface area contributed by atoms with Gasteiger partial charge in [0.2, 0.25) is 0 Å². The van der Waals surface area contributed by atoms with E-state index in [1.54, 1.807) is 22.8 Å². The van der Waals surface area contributed by atoms with Crippen LogP contribution in [0.3, 0.4) is 0 Å². The molecular formula is C27H26N2O5S. The number of amides is 2. The molecule has 0 radical (unpaired) electrons. The van der Waals surface area contributed by atoms with E-state index in [4.69, 9.17) is 4.74 Å². The average Bonchev–Trinajstić information content (AvgIpc) is 3.50. The first-order chi connectivity index (χ1) is 17.0. The summed E-state index contributed by atoms with van der Waals surface area (Å²) in [5.41, 5.74) is 0.640. The fourth-order valence-electron chi connectivity index (χ4n) is 5.07. The third-order valence-electron chi connectivity index (χ3n) is 6.72. The molecule has 180 valence electrons. The maximum atomic E-state index is 13.4. The Kier molecular flexibility index (Phi) is 6.30. The molecule has 2 aromatic carbocycles. The van der Waals surface area contributed by atoms with E-state index in [2.05, 4.69) is 0 Å². The predicted molar refractivity (Wildman–Crippen MR) is 134 cm³/mol. The highest BCUT2D eigenvalue weighted by atomic mass is 32.1. The molecule has 3 heterocycles. The molecule has 1 aromatic heterocycles. The largest absolute Gasteiger partial charge is 0.507 e. The number of carbonyl (C=O) groups excluding carboxylic acids is 3. The topological polar surface area (TPSA) is 87.2 Å². The maximum Gasteiger partial charge on any atom is 0.409 e. The zero-order valence-corrected chi connectivity index (χ0v) is 20.2. The summed E-state index contributed by atoms with van der Waals surface area (Å²) in [6, 6.07) is 16.0. The maximum absolute atomic E-state index is 13.4. The lowest BCUT2D eigenvalue weighted by Crippen LogP contribution is -2.48. The third kappa shape index (κ3) is 4.08. The molecule has 5 rings (SSSR count). The summed E-state index contributed by atoms with van der Waals surface area (Å²) in [4.78, 5) is 42.9. The summed E-state index contributed by atoms with van der Waals surface area (Å²) in [7, 11) is 0. The van der Waals surface area contributed by atoms with Crippen LogP contribution in [0.25, 0.3) is 16.5 Å². The predicted octanol–water partition coefficient (Wildman–Crippen LogP) is 4.94. The van der Waals surface area contributed by atoms with Crippen LogP contribution in [0.2, 0.25) is 0 Å². The molecule has 2 aliphatic rings. The normalized spacial score (nSPS) is 20.5. The zero-order valence-electron chi connectivity index (χ0n) is 19.3. The standard InChI is InChI=1S/C27H26N2O5S/c1-2-34-27(33)28-14-12-18(13-15-28)29-23(21-11-6-16-35-21)22(25(31)26(29)32)24(30)20-10-5-8-17-7-3-4-9-19(17)20/h3-11,16,18,23,30H,2,12-15H2,1H3/b24-22-. The van der Waals surface area contributed by atoms with Gasteiger partial charge in [0.05, 0.1) is 18.2 Å². The van der Waals surface area contributed by atoms with E-state index in [0.717, 1.165) is 15.6 Å². The Bertz CT molecular complexity index is 1300. The molecule has 1 atom stereocenters. The van der Waals surface area contributed by atoms with Crippen LogP contribution in [0.5, 0.6) is 0 Å². The Morgan fingerprint density at radius 1 is 1.06 bits per heavy atom. The van der Waals surface area contributed by atoms with Gasteiger partial charge in [0.25, 0.3) is 11.7 Å². The molecule has 7 nitrogen and oxygen atoms in total. The number of thiophene rings is 1. The summed E-state index contributed by atoms with van der Waals surface area (Å²) in [6.45, 7) is 2.95. The number of rotatable bonds is 4. The fourth-order valence-corrected chi connectivity index (χ4v) is 5.90. The number of aliphatic hydroxyl groups is 1. The van der Waals surface area contributed by atoms with Crippen molar-refractivity contribution in [3.8, 4) is 0 Å². The lowest BCUT2D eigenvalue weighted by Gasteiger charge is -2.38. The number of ether oxygens (including phenoxy) is 1. The van der Waals surface area contributed by atoms with Crippen molar-refractivity contribution < 1.29 is 24.2 Å². The van der Waals surface area contributed by atoms with Gasteiger partial charge in [-0.25, -0.2) is 4.79 Å². The first kappa shape index (κ1) is 23.1. The molecule has 3 aromatic rings. The second-order valence-corrected chi connectivity index (χ2v) is 9.64. The van der Waals surface area contributed by atoms with E-state index in [-0.39, 0.29) is 23.5 Å². The Hall–Kier alpha value is -3.65. The number of hydrogen-bond acceptors (Lipinski definition) is 6. The molecule has 2 amide bonds. The van der Waals surface area contributed by atoms with Gasteiger partial charge in [-0.2, -0.15) is 0 Å². The number of likely N-dealkylation sites (tertiary alicyclic amines) is 2. The first-order valence-corrected chi connectivity index (χ1v) is 12.6. The number of aliphatic hydroxyl groups excluding tert-OH is 1. The van der Waals surface area contributed by atoms with E-state index in [1.165, 1.54) is 11.3 Å². The molecule has 2 fully saturated rings. The van der Waals surface area contributed by atoms with Crippen molar-refractivity contribution in [2.75, 3.05) is 19.7 Å². The molecule has 0 saturated carbocycles. The molecule has 0 aliphatic carbocycles. The SMILES string of the molecule is CCOC(=O)N1CCC(N2C(=O)C(=O)/C(=C(\O)c3cccc4ccccc34)C2c2cccs2)CC1. The number of nitrogens with zero attached hydrogens (tertiary/aromatic N) is 2. The van der Waals surface area contributed by atoms with Crippen molar-refractivity contribution in [1.82, 2.24) is 9.80 Å². The summed E-state index contributed by atoms with van der Waals surface area (Å²) in [6.07, 6.45) is 0.697. The minimum atomic E-state index is -0.679. The van der Waals surface area contributed by atoms with Crippen LogP contribution in [0.1, 0.15) is 36.2 Å². The van der Waals surface area contributed by atoms with Gasteiger partial charge in [-0.1, -0.05) is 48.5 Å². The Labute approximate surface area is 207 Å². The van der Waals surface area contributed by atoms with E-state index in [0.29, 0.717) is 38.1 Å². The van der Waals surface area contributed by atoms with E-state index in [9.17, 15) is 19.5 Å². The Morgan fingerprint density at radius 2 is 1.80 bits per heavy atom. The van der Waals surface area contributed by atoms with E-state index >= 15 is 0 Å². The van der Waals surface area contributed by atoms with Gasteiger partial charge in [0, 0.05) is 29.6 Å². The van der Waals surface area contributed by atoms with Crippen LogP contribution < -0.4 is 0 Å². The summed E-state index contributed by atoms with van der Waals surface area (Å²) >= 11 is 1.45. The summed E-state index contributed by atoms with van der Waals surface area (Å²) in [5, 5.41) is 15.1. The van der Waals surface area contributed by atoms with Crippen LogP contribution in [0.15, 0.2) is 65.6 Å². The molecule has 2 aliphatic heterocycles. The number of fused-ring (bicyclic) bond motifs is 1. The van der Waals surface area contributed by atoms with E-state index < -0.39 is 17.7 Å². The molecule has 1 N–H and O–H groups in total. The Morgan fingerprint density at radius 3 is 2.51 bits per heavy atom. The van der Waals surface area contributed by atoms with Gasteiger partial charge in [-0.15, -0.1) is 11.3 Å². The van der Waals surface area contributed by atoms with Crippen LogP contribution >= 0.6 is 11.3 Å². The molecular weight excluding hydrogens is 464 g/mol. The minimum Gasteiger partial charge on any atom is -0.507 e. The van der Waals surface area contributed by atoms with Gasteiger partial charge < -0.3 is 19.6 Å². The monoisotopic (exact) mass is 490 g/mol. The third-order valence-corrected chi connectivity index (χ3v) is 7.65. The van der Waals surface area contributed by atoms with E-state index in [1.807, 2.05) is 53.9 Å². The highest BCUT2D eigenvalue weighted by molar-refractivity contribution is 7.10. The average molecular weight is 491 g/mol. The second-order valence-electron chi connectivity index (χ2n) is 8.67. The molecule has 35 heavy (non-hydrogen) atoms. The molecule has 2 saturated heterocycles. The smallest absolute Gasteiger partial charge is 0.409 e. The second kappa shape index (κ2) is 9.54. The summed E-state index contributed by atoms with van der Waals surface area (Å²) < 4.78 is 5.11. The highest BCUT2D eigenvalue weighted by Crippen LogP contribution is 2.44. The van der Waals surface area contributed by atoms with Crippen molar-refractivity contribution in [3.05, 3.63) is 76.0 Å². The van der Waals surface area contributed by atoms with Gasteiger partial charge >= 0.3 is 6.09 Å². The number of carbonyl (C=O) groups is 3. The van der Waals surface area contributed by atoms with Crippen LogP contribution in [0, 0.1) is 0 Å². The molecule has 0 bridgehead atoms. The van der Waals surface area contributed by atoms with Gasteiger partial charge in [-0.3, -0.25) is 9.59 Å². The van der Waals surface area contributed by atoms with Crippen molar-refractivity contribution in [1.29, 1.82) is 0 Å². The highest BCUT2D eigenvalue weighted by Gasteiger charge is 2.49. The first-order valence-electron chi connectivity index (χ1n) is 11.7. The molecule has 8 heteroatoms. The lowest BCUT2D eigenvalue weighted by atomic mass is 9.95. The van der Waals surface area contributed by atoms with Gasteiger partial charge in [0.1, 0.15) is 5.76 Å². The van der Waals surface area contributed by atoms with Crippen molar-refractivity contribution in [3.63, 3.8) is 0 Å². The zero-order chi connectivity index (χ0) is 24.5. The number of ketones is 1. The van der Waals surface area contributed by atoms with Crippen LogP contribution in [-0.4, -0.2) is 58.4 Å². The Balaban J connectivity index is 1.55. The molecule has 1 unspecified atom stereocenters. The van der Waals surface area contributed by atoms with Gasteiger partial charge in [0.15, 0.2) is 0 Å². The van der Waals surface area contributed by atoms with Gasteiger partial charge in [-0.05, 0) is 42.0 Å². The number of piperidine rings is 1. The van der Waals surface area contributed by atoms with Crippen molar-refractivity contribution in [2.45, 2.75) is 31.8 Å². The molecule has 0 spiro atoms. The van der Waals surface area contributed by atoms with Crippen molar-refractivity contribution >= 4 is 45.7 Å². The number of Topliss-reactive ketones (excluding diaryl/α,β-unsaturated/α-hetero) is 1. The number of benzene rings is 2. The lowest BCUT2D eigenvalue weighted by molar-refractivity contribution is -0.142. The minimum absolute atomic E-state index is 0.113. The quantitative estimate of drug-likeness (QED) is 0.318. The number of hydrogen-bond donors (Lipinski definition) is 1. The fraction of sp³-hybridized carbons (Fsp3) is 0.296. The van der Waals surface area contributed by atoms with Crippen molar-refractivity contribution in [2.24, 2.45) is 0 Å². The summed E-state index contributed by atoms with van der Waals surface area (Å²) in [5.74, 6) is -1.45.